The molecule has 2 N–H and O–H groups in total. The number of benzene rings is 1. The molecule has 2 fully saturated rings. The van der Waals surface area contributed by atoms with Crippen LogP contribution < -0.4 is 5.32 Å². The number of carbonyl (C=O) groups excluding carboxylic acids is 2. The van der Waals surface area contributed by atoms with Gasteiger partial charge >= 0.3 is 12.0 Å². The minimum absolute atomic E-state index is 0.0268. The fraction of sp³-hybridized carbons (Fsp3) is 0.500. The number of carbonyl (C=O) groups is 3. The summed E-state index contributed by atoms with van der Waals surface area (Å²) in [4.78, 5) is 39.7. The molecule has 140 valence electrons. The van der Waals surface area contributed by atoms with E-state index in [-0.39, 0.29) is 18.5 Å². The molecule has 0 spiro atoms. The molecular formula is C18H23N3O4S. The number of likely N-dealkylation sites (tertiary alicyclic amines) is 1. The Morgan fingerprint density at radius 1 is 1.15 bits per heavy atom. The van der Waals surface area contributed by atoms with Gasteiger partial charge < -0.3 is 20.2 Å². The topological polar surface area (TPSA) is 90.0 Å². The number of thioether (sulfide) groups is 1. The monoisotopic (exact) mass is 377 g/mol. The maximum Gasteiger partial charge on any atom is 0.321 e. The number of hydrogen-bond donors (Lipinski definition) is 2. The summed E-state index contributed by atoms with van der Waals surface area (Å²) in [6, 6.07) is 6.56. The molecule has 1 unspecified atom stereocenters. The summed E-state index contributed by atoms with van der Waals surface area (Å²) in [5, 5.41) is 12.1. The molecule has 2 saturated heterocycles. The molecule has 3 amide bonds. The molecular weight excluding hydrogens is 354 g/mol. The van der Waals surface area contributed by atoms with Crippen molar-refractivity contribution in [3.63, 3.8) is 0 Å². The van der Waals surface area contributed by atoms with Gasteiger partial charge in [-0.2, -0.15) is 11.8 Å². The van der Waals surface area contributed by atoms with E-state index >= 15 is 0 Å². The lowest BCUT2D eigenvalue weighted by molar-refractivity contribution is -0.146. The van der Waals surface area contributed by atoms with Crippen molar-refractivity contribution in [1.82, 2.24) is 9.80 Å². The lowest BCUT2D eigenvalue weighted by Gasteiger charge is -2.26. The molecule has 3 rings (SSSR count). The van der Waals surface area contributed by atoms with Crippen LogP contribution in [-0.2, 0) is 4.79 Å². The third-order valence-corrected chi connectivity index (χ3v) is 5.88. The second-order valence-electron chi connectivity index (χ2n) is 6.95. The van der Waals surface area contributed by atoms with Crippen LogP contribution in [0.1, 0.15) is 23.7 Å². The Kier molecular flexibility index (Phi) is 5.41. The van der Waals surface area contributed by atoms with Crippen LogP contribution in [-0.4, -0.2) is 70.5 Å². The largest absolute Gasteiger partial charge is 0.481 e. The third kappa shape index (κ3) is 3.95. The van der Waals surface area contributed by atoms with Crippen molar-refractivity contribution in [2.24, 2.45) is 5.41 Å². The van der Waals surface area contributed by atoms with Gasteiger partial charge in [-0.3, -0.25) is 9.59 Å². The van der Waals surface area contributed by atoms with Crippen LogP contribution in [0, 0.1) is 5.41 Å². The van der Waals surface area contributed by atoms with Crippen LogP contribution in [0.15, 0.2) is 24.3 Å². The normalized spacial score (nSPS) is 23.0. The fourth-order valence-electron chi connectivity index (χ4n) is 3.19. The number of anilines is 1. The van der Waals surface area contributed by atoms with Gasteiger partial charge in [0.05, 0.1) is 5.41 Å². The van der Waals surface area contributed by atoms with Gasteiger partial charge in [0.1, 0.15) is 0 Å². The molecule has 0 aromatic heterocycles. The Labute approximate surface area is 156 Å². The SMILES string of the molecule is CC1(C(=O)O)CCN(C(=O)Nc2cccc(C(=O)N3CCSCC3)c2)C1. The highest BCUT2D eigenvalue weighted by Gasteiger charge is 2.42. The number of rotatable bonds is 3. The molecule has 1 atom stereocenters. The molecule has 1 aromatic carbocycles. The van der Waals surface area contributed by atoms with Crippen LogP contribution in [0.3, 0.4) is 0 Å². The highest BCUT2D eigenvalue weighted by Crippen LogP contribution is 2.30. The van der Waals surface area contributed by atoms with Crippen molar-refractivity contribution >= 4 is 35.4 Å². The van der Waals surface area contributed by atoms with E-state index in [1.54, 1.807) is 31.2 Å². The molecule has 7 nitrogen and oxygen atoms in total. The number of carboxylic acid groups (broad SMARTS) is 1. The molecule has 1 aromatic rings. The van der Waals surface area contributed by atoms with Gasteiger partial charge in [-0.05, 0) is 31.5 Å². The van der Waals surface area contributed by atoms with Gasteiger partial charge in [-0.15, -0.1) is 0 Å². The number of carboxylic acids is 1. The zero-order valence-corrected chi connectivity index (χ0v) is 15.6. The Morgan fingerprint density at radius 3 is 2.54 bits per heavy atom. The standard InChI is InChI=1S/C18H23N3O4S/c1-18(16(23)24)5-6-21(12-18)17(25)19-14-4-2-3-13(11-14)15(22)20-7-9-26-10-8-20/h2-4,11H,5-10,12H2,1H3,(H,19,25)(H,23,24). The number of urea groups is 1. The van der Waals surface area contributed by atoms with Crippen LogP contribution in [0.25, 0.3) is 0 Å². The summed E-state index contributed by atoms with van der Waals surface area (Å²) in [7, 11) is 0. The zero-order valence-electron chi connectivity index (χ0n) is 14.7. The first-order chi connectivity index (χ1) is 12.4. The number of aliphatic carboxylic acids is 1. The summed E-state index contributed by atoms with van der Waals surface area (Å²) < 4.78 is 0. The molecule has 0 aliphatic carbocycles. The molecule has 0 saturated carbocycles. The zero-order chi connectivity index (χ0) is 18.7. The van der Waals surface area contributed by atoms with Crippen molar-refractivity contribution < 1.29 is 19.5 Å². The van der Waals surface area contributed by atoms with Gasteiger partial charge in [-0.25, -0.2) is 4.79 Å². The molecule has 2 aliphatic heterocycles. The van der Waals surface area contributed by atoms with Gasteiger partial charge in [0.25, 0.3) is 5.91 Å². The van der Waals surface area contributed by atoms with Gasteiger partial charge in [0, 0.05) is 48.9 Å². The van der Waals surface area contributed by atoms with E-state index in [0.29, 0.717) is 24.2 Å². The minimum Gasteiger partial charge on any atom is -0.481 e. The van der Waals surface area contributed by atoms with Crippen LogP contribution in [0.5, 0.6) is 0 Å². The van der Waals surface area contributed by atoms with E-state index in [2.05, 4.69) is 5.32 Å². The Balaban J connectivity index is 1.64. The Morgan fingerprint density at radius 2 is 1.88 bits per heavy atom. The molecule has 26 heavy (non-hydrogen) atoms. The third-order valence-electron chi connectivity index (χ3n) is 4.94. The average molecular weight is 377 g/mol. The molecule has 0 radical (unpaired) electrons. The van der Waals surface area contributed by atoms with E-state index in [9.17, 15) is 19.5 Å². The van der Waals surface area contributed by atoms with Gasteiger partial charge in [0.2, 0.25) is 0 Å². The Bertz CT molecular complexity index is 720. The van der Waals surface area contributed by atoms with E-state index in [1.807, 2.05) is 16.7 Å². The lowest BCUT2D eigenvalue weighted by atomic mass is 9.90. The predicted molar refractivity (Wildman–Crippen MR) is 101 cm³/mol. The summed E-state index contributed by atoms with van der Waals surface area (Å²) >= 11 is 1.84. The number of nitrogens with one attached hydrogen (secondary N) is 1. The van der Waals surface area contributed by atoms with Crippen molar-refractivity contribution in [1.29, 1.82) is 0 Å². The number of nitrogens with zero attached hydrogens (tertiary/aromatic N) is 2. The second-order valence-corrected chi connectivity index (χ2v) is 8.18. The highest BCUT2D eigenvalue weighted by molar-refractivity contribution is 7.99. The van der Waals surface area contributed by atoms with Gasteiger partial charge in [0.15, 0.2) is 0 Å². The number of hydrogen-bond acceptors (Lipinski definition) is 4. The summed E-state index contributed by atoms with van der Waals surface area (Å²) in [5.41, 5.74) is 0.184. The maximum atomic E-state index is 12.6. The second kappa shape index (κ2) is 7.57. The maximum absolute atomic E-state index is 12.6. The first-order valence-electron chi connectivity index (χ1n) is 8.65. The van der Waals surface area contributed by atoms with E-state index in [0.717, 1.165) is 24.6 Å². The highest BCUT2D eigenvalue weighted by atomic mass is 32.2. The van der Waals surface area contributed by atoms with Crippen LogP contribution >= 0.6 is 11.8 Å². The number of amides is 3. The van der Waals surface area contributed by atoms with E-state index in [1.165, 1.54) is 4.90 Å². The molecule has 0 bridgehead atoms. The average Bonchev–Trinajstić information content (AvgIpc) is 3.06. The van der Waals surface area contributed by atoms with Crippen LogP contribution in [0.2, 0.25) is 0 Å². The minimum atomic E-state index is -0.901. The Hall–Kier alpha value is -2.22. The lowest BCUT2D eigenvalue weighted by Crippen LogP contribution is -2.38. The van der Waals surface area contributed by atoms with Crippen LogP contribution in [0.4, 0.5) is 10.5 Å². The van der Waals surface area contributed by atoms with E-state index in [4.69, 9.17) is 0 Å². The first-order valence-corrected chi connectivity index (χ1v) is 9.81. The summed E-state index contributed by atoms with van der Waals surface area (Å²) in [6.45, 7) is 3.71. The fourth-order valence-corrected chi connectivity index (χ4v) is 4.09. The van der Waals surface area contributed by atoms with Crippen molar-refractivity contribution in [3.05, 3.63) is 29.8 Å². The predicted octanol–water partition coefficient (Wildman–Crippen LogP) is 2.20. The molecule has 2 aliphatic rings. The van der Waals surface area contributed by atoms with E-state index < -0.39 is 11.4 Å². The van der Waals surface area contributed by atoms with Gasteiger partial charge in [-0.1, -0.05) is 6.07 Å². The van der Waals surface area contributed by atoms with Crippen molar-refractivity contribution in [3.8, 4) is 0 Å². The summed E-state index contributed by atoms with van der Waals surface area (Å²) in [5.74, 6) is 0.972. The quantitative estimate of drug-likeness (QED) is 0.843. The van der Waals surface area contributed by atoms with Crippen molar-refractivity contribution in [2.45, 2.75) is 13.3 Å². The molecule has 8 heteroatoms. The smallest absolute Gasteiger partial charge is 0.321 e. The van der Waals surface area contributed by atoms with Crippen molar-refractivity contribution in [2.75, 3.05) is 43.0 Å². The first kappa shape index (κ1) is 18.6. The summed E-state index contributed by atoms with van der Waals surface area (Å²) in [6.07, 6.45) is 0.432. The molecule has 2 heterocycles.